The predicted octanol–water partition coefficient (Wildman–Crippen LogP) is 6.63. The van der Waals surface area contributed by atoms with Gasteiger partial charge in [0.25, 0.3) is 0 Å². The third-order valence-electron chi connectivity index (χ3n) is 5.39. The maximum atomic E-state index is 3.77. The molecule has 1 aliphatic carbocycles. The number of halogens is 2. The quantitative estimate of drug-likeness (QED) is 0.420. The average molecular weight is 464 g/mol. The lowest BCUT2D eigenvalue weighted by molar-refractivity contribution is 0.369. The van der Waals surface area contributed by atoms with Crippen molar-refractivity contribution in [3.63, 3.8) is 0 Å². The Kier molecular flexibility index (Phi) is 5.49. The summed E-state index contributed by atoms with van der Waals surface area (Å²) in [4.78, 5) is 0. The summed E-state index contributed by atoms with van der Waals surface area (Å²) in [5, 5.41) is 6.42. The van der Waals surface area contributed by atoms with Crippen LogP contribution >= 0.6 is 31.9 Å². The summed E-state index contributed by atoms with van der Waals surface area (Å²) < 4.78 is 4.75. The highest BCUT2D eigenvalue weighted by molar-refractivity contribution is 9.10. The van der Waals surface area contributed by atoms with E-state index in [1.807, 2.05) is 0 Å². The molecule has 132 valence electrons. The van der Waals surface area contributed by atoms with Crippen LogP contribution in [-0.4, -0.2) is 17.2 Å². The molecule has 1 N–H and O–H groups in total. The van der Waals surface area contributed by atoms with Crippen LogP contribution in [0.4, 0.5) is 0 Å². The molecule has 1 aliphatic rings. The van der Waals surface area contributed by atoms with E-state index >= 15 is 0 Å². The Hall–Kier alpha value is -0.840. The molecule has 3 aromatic rings. The summed E-state index contributed by atoms with van der Waals surface area (Å²) in [6.07, 6.45) is 8.10. The Labute approximate surface area is 166 Å². The largest absolute Gasteiger partial charge is 0.340 e. The van der Waals surface area contributed by atoms with Gasteiger partial charge in [0.2, 0.25) is 0 Å². The molecule has 4 heteroatoms. The van der Waals surface area contributed by atoms with Gasteiger partial charge in [0.1, 0.15) is 0 Å². The van der Waals surface area contributed by atoms with E-state index in [9.17, 15) is 0 Å². The lowest BCUT2D eigenvalue weighted by Gasteiger charge is -2.22. The van der Waals surface area contributed by atoms with E-state index in [1.54, 1.807) is 0 Å². The predicted molar refractivity (Wildman–Crippen MR) is 114 cm³/mol. The molecule has 1 aromatic heterocycles. The van der Waals surface area contributed by atoms with Gasteiger partial charge >= 0.3 is 0 Å². The van der Waals surface area contributed by atoms with Crippen molar-refractivity contribution < 1.29 is 0 Å². The summed E-state index contributed by atoms with van der Waals surface area (Å²) in [5.74, 6) is 0. The zero-order valence-corrected chi connectivity index (χ0v) is 17.6. The van der Waals surface area contributed by atoms with Crippen molar-refractivity contribution >= 4 is 53.7 Å². The van der Waals surface area contributed by atoms with Gasteiger partial charge in [0.05, 0.1) is 0 Å². The topological polar surface area (TPSA) is 17.0 Å². The molecule has 1 fully saturated rings. The first-order valence-electron chi connectivity index (χ1n) is 9.33. The Balaban J connectivity index is 1.55. The highest BCUT2D eigenvalue weighted by atomic mass is 79.9. The highest BCUT2D eigenvalue weighted by Gasteiger charge is 2.13. The molecule has 1 saturated carbocycles. The molecule has 0 bridgehead atoms. The van der Waals surface area contributed by atoms with Crippen LogP contribution in [0.2, 0.25) is 0 Å². The molecule has 0 spiro atoms. The first kappa shape index (κ1) is 17.6. The number of rotatable bonds is 5. The van der Waals surface area contributed by atoms with Crippen molar-refractivity contribution in [2.24, 2.45) is 0 Å². The van der Waals surface area contributed by atoms with Gasteiger partial charge in [-0.25, -0.2) is 0 Å². The van der Waals surface area contributed by atoms with Gasteiger partial charge in [-0.15, -0.1) is 0 Å². The fourth-order valence-corrected chi connectivity index (χ4v) is 4.86. The van der Waals surface area contributed by atoms with Gasteiger partial charge in [-0.3, -0.25) is 0 Å². The van der Waals surface area contributed by atoms with Crippen LogP contribution in [-0.2, 0) is 6.54 Å². The number of benzene rings is 2. The van der Waals surface area contributed by atoms with Crippen LogP contribution in [0.15, 0.2) is 45.3 Å². The summed E-state index contributed by atoms with van der Waals surface area (Å²) in [7, 11) is 0. The van der Waals surface area contributed by atoms with Gasteiger partial charge in [-0.2, -0.15) is 0 Å². The molecular formula is C21H24Br2N2. The standard InChI is InChI=1S/C21H24Br2N2/c22-15-7-9-20-18(13-15)19-14-16(23)8-10-21(19)25(20)12-4-11-24-17-5-2-1-3-6-17/h7-10,13-14,17,24H,1-6,11-12H2. The molecule has 0 atom stereocenters. The molecule has 0 radical (unpaired) electrons. The zero-order valence-electron chi connectivity index (χ0n) is 14.4. The lowest BCUT2D eigenvalue weighted by atomic mass is 9.95. The molecular weight excluding hydrogens is 440 g/mol. The second-order valence-electron chi connectivity index (χ2n) is 7.12. The molecule has 2 aromatic carbocycles. The van der Waals surface area contributed by atoms with E-state index in [-0.39, 0.29) is 0 Å². The fraction of sp³-hybridized carbons (Fsp3) is 0.429. The van der Waals surface area contributed by atoms with Gasteiger partial charge in [-0.05, 0) is 62.2 Å². The summed E-state index contributed by atoms with van der Waals surface area (Å²) >= 11 is 7.25. The molecule has 0 unspecified atom stereocenters. The molecule has 0 aliphatic heterocycles. The van der Waals surface area contributed by atoms with Crippen molar-refractivity contribution in [1.82, 2.24) is 9.88 Å². The van der Waals surface area contributed by atoms with Crippen molar-refractivity contribution in [2.45, 2.75) is 51.1 Å². The molecule has 1 heterocycles. The summed E-state index contributed by atoms with van der Waals surface area (Å²) in [5.41, 5.74) is 2.66. The average Bonchev–Trinajstić information content (AvgIpc) is 2.92. The first-order chi connectivity index (χ1) is 12.2. The maximum absolute atomic E-state index is 3.77. The number of aryl methyl sites for hydroxylation is 1. The number of nitrogens with zero attached hydrogens (tertiary/aromatic N) is 1. The van der Waals surface area contributed by atoms with Crippen LogP contribution in [0.3, 0.4) is 0 Å². The second-order valence-corrected chi connectivity index (χ2v) is 8.95. The van der Waals surface area contributed by atoms with Crippen molar-refractivity contribution in [1.29, 1.82) is 0 Å². The van der Waals surface area contributed by atoms with Crippen LogP contribution in [0.25, 0.3) is 21.8 Å². The van der Waals surface area contributed by atoms with Gasteiger partial charge in [0.15, 0.2) is 0 Å². The molecule has 25 heavy (non-hydrogen) atoms. The normalized spacial score (nSPS) is 16.1. The molecule has 0 saturated heterocycles. The van der Waals surface area contributed by atoms with E-state index in [4.69, 9.17) is 0 Å². The zero-order chi connectivity index (χ0) is 17.2. The molecule has 4 rings (SSSR count). The van der Waals surface area contributed by atoms with Crippen molar-refractivity contribution in [3.8, 4) is 0 Å². The summed E-state index contributed by atoms with van der Waals surface area (Å²) in [6.45, 7) is 2.17. The van der Waals surface area contributed by atoms with Gasteiger partial charge in [-0.1, -0.05) is 51.1 Å². The van der Waals surface area contributed by atoms with Crippen LogP contribution in [0.5, 0.6) is 0 Å². The van der Waals surface area contributed by atoms with E-state index < -0.39 is 0 Å². The Morgan fingerprint density at radius 2 is 1.48 bits per heavy atom. The van der Waals surface area contributed by atoms with Gasteiger partial charge < -0.3 is 9.88 Å². The number of hydrogen-bond donors (Lipinski definition) is 1. The number of fused-ring (bicyclic) bond motifs is 3. The van der Waals surface area contributed by atoms with E-state index in [0.717, 1.165) is 28.1 Å². The minimum Gasteiger partial charge on any atom is -0.340 e. The second kappa shape index (κ2) is 7.81. The molecule has 0 amide bonds. The van der Waals surface area contributed by atoms with Crippen molar-refractivity contribution in [2.75, 3.05) is 6.54 Å². The third kappa shape index (κ3) is 3.81. The van der Waals surface area contributed by atoms with Gasteiger partial charge in [0, 0.05) is 43.3 Å². The number of nitrogens with one attached hydrogen (secondary N) is 1. The Bertz CT molecular complexity index is 819. The van der Waals surface area contributed by atoms with E-state index in [1.165, 1.54) is 60.3 Å². The van der Waals surface area contributed by atoms with E-state index in [0.29, 0.717) is 0 Å². The third-order valence-corrected chi connectivity index (χ3v) is 6.37. The first-order valence-corrected chi connectivity index (χ1v) is 10.9. The Morgan fingerprint density at radius 3 is 2.08 bits per heavy atom. The fourth-order valence-electron chi connectivity index (χ4n) is 4.14. The minimum atomic E-state index is 0.749. The van der Waals surface area contributed by atoms with E-state index in [2.05, 4.69) is 78.1 Å². The number of aromatic nitrogens is 1. The molecule has 2 nitrogen and oxygen atoms in total. The van der Waals surface area contributed by atoms with Crippen molar-refractivity contribution in [3.05, 3.63) is 45.3 Å². The van der Waals surface area contributed by atoms with Crippen LogP contribution < -0.4 is 5.32 Å². The van der Waals surface area contributed by atoms with Crippen LogP contribution in [0.1, 0.15) is 38.5 Å². The minimum absolute atomic E-state index is 0.749. The number of hydrogen-bond acceptors (Lipinski definition) is 1. The lowest BCUT2D eigenvalue weighted by Crippen LogP contribution is -2.32. The monoisotopic (exact) mass is 462 g/mol. The van der Waals surface area contributed by atoms with Crippen LogP contribution in [0, 0.1) is 0 Å². The SMILES string of the molecule is Brc1ccc2c(c1)c1cc(Br)ccc1n2CCCNC1CCCCC1. The summed E-state index contributed by atoms with van der Waals surface area (Å²) in [6, 6.07) is 14.0. The highest BCUT2D eigenvalue weighted by Crippen LogP contribution is 2.33. The Morgan fingerprint density at radius 1 is 0.880 bits per heavy atom. The maximum Gasteiger partial charge on any atom is 0.0492 e. The smallest absolute Gasteiger partial charge is 0.0492 e.